The SMILES string of the molecule is COc1ccccc1S(=O)CC(=O)c1cccs1. The smallest absolute Gasteiger partial charge is 0.185 e. The quantitative estimate of drug-likeness (QED) is 0.791. The van der Waals surface area contributed by atoms with Crippen molar-refractivity contribution >= 4 is 27.9 Å². The number of hydrogen-bond donors (Lipinski definition) is 0. The Morgan fingerprint density at radius 1 is 1.28 bits per heavy atom. The third-order valence-electron chi connectivity index (χ3n) is 2.37. The van der Waals surface area contributed by atoms with Gasteiger partial charge in [-0.25, -0.2) is 0 Å². The zero-order chi connectivity index (χ0) is 13.0. The van der Waals surface area contributed by atoms with Crippen molar-refractivity contribution in [3.63, 3.8) is 0 Å². The summed E-state index contributed by atoms with van der Waals surface area (Å²) in [6.45, 7) is 0. The van der Waals surface area contributed by atoms with E-state index in [1.807, 2.05) is 11.4 Å². The van der Waals surface area contributed by atoms with Gasteiger partial charge in [0.2, 0.25) is 0 Å². The van der Waals surface area contributed by atoms with Gasteiger partial charge < -0.3 is 4.74 Å². The Morgan fingerprint density at radius 2 is 2.06 bits per heavy atom. The van der Waals surface area contributed by atoms with Crippen LogP contribution in [0.25, 0.3) is 0 Å². The van der Waals surface area contributed by atoms with E-state index in [9.17, 15) is 9.00 Å². The van der Waals surface area contributed by atoms with Gasteiger partial charge in [0.15, 0.2) is 5.78 Å². The summed E-state index contributed by atoms with van der Waals surface area (Å²) in [5, 5.41) is 1.83. The lowest BCUT2D eigenvalue weighted by Crippen LogP contribution is -2.10. The minimum Gasteiger partial charge on any atom is -0.495 e. The summed E-state index contributed by atoms with van der Waals surface area (Å²) in [6.07, 6.45) is 0. The second-order valence-electron chi connectivity index (χ2n) is 3.54. The Hall–Kier alpha value is -1.46. The summed E-state index contributed by atoms with van der Waals surface area (Å²) < 4.78 is 17.3. The molecule has 0 spiro atoms. The molecule has 5 heteroatoms. The third-order valence-corrected chi connectivity index (χ3v) is 4.64. The lowest BCUT2D eigenvalue weighted by molar-refractivity contribution is 0.102. The maximum absolute atomic E-state index is 12.1. The van der Waals surface area contributed by atoms with Gasteiger partial charge in [0.05, 0.1) is 33.4 Å². The number of carbonyl (C=O) groups excluding carboxylic acids is 1. The molecule has 2 aromatic rings. The van der Waals surface area contributed by atoms with Crippen molar-refractivity contribution in [3.05, 3.63) is 46.7 Å². The number of benzene rings is 1. The molecule has 0 saturated heterocycles. The molecule has 2 rings (SSSR count). The van der Waals surface area contributed by atoms with Crippen molar-refractivity contribution in [1.82, 2.24) is 0 Å². The van der Waals surface area contributed by atoms with E-state index in [4.69, 9.17) is 4.74 Å². The molecule has 0 aliphatic heterocycles. The van der Waals surface area contributed by atoms with E-state index in [1.54, 1.807) is 30.3 Å². The van der Waals surface area contributed by atoms with Crippen LogP contribution in [0.5, 0.6) is 5.75 Å². The lowest BCUT2D eigenvalue weighted by atomic mass is 10.3. The maximum atomic E-state index is 12.1. The molecule has 3 nitrogen and oxygen atoms in total. The molecular weight excluding hydrogens is 268 g/mol. The molecule has 0 aliphatic carbocycles. The number of hydrogen-bond acceptors (Lipinski definition) is 4. The summed E-state index contributed by atoms with van der Waals surface area (Å²) in [7, 11) is 0.148. The van der Waals surface area contributed by atoms with Crippen molar-refractivity contribution in [1.29, 1.82) is 0 Å². The highest BCUT2D eigenvalue weighted by Crippen LogP contribution is 2.22. The summed E-state index contributed by atoms with van der Waals surface area (Å²) in [5.41, 5.74) is 0. The van der Waals surface area contributed by atoms with Crippen LogP contribution < -0.4 is 4.74 Å². The molecule has 1 atom stereocenters. The van der Waals surface area contributed by atoms with Gasteiger partial charge in [-0.05, 0) is 23.6 Å². The zero-order valence-electron chi connectivity index (χ0n) is 9.79. The number of methoxy groups -OCH3 is 1. The van der Waals surface area contributed by atoms with Gasteiger partial charge in [0, 0.05) is 0 Å². The summed E-state index contributed by atoms with van der Waals surface area (Å²) in [5.74, 6) is 0.435. The molecule has 0 bridgehead atoms. The Morgan fingerprint density at radius 3 is 2.72 bits per heavy atom. The Labute approximate surface area is 112 Å². The molecule has 0 N–H and O–H groups in total. The summed E-state index contributed by atoms with van der Waals surface area (Å²) >= 11 is 1.36. The van der Waals surface area contributed by atoms with Crippen molar-refractivity contribution in [2.75, 3.05) is 12.9 Å². The molecule has 1 heterocycles. The van der Waals surface area contributed by atoms with Crippen molar-refractivity contribution < 1.29 is 13.7 Å². The monoisotopic (exact) mass is 280 g/mol. The highest BCUT2D eigenvalue weighted by Gasteiger charge is 2.15. The highest BCUT2D eigenvalue weighted by molar-refractivity contribution is 7.86. The summed E-state index contributed by atoms with van der Waals surface area (Å²) in [4.78, 5) is 13.1. The van der Waals surface area contributed by atoms with Crippen LogP contribution in [0.3, 0.4) is 0 Å². The second-order valence-corrected chi connectivity index (χ2v) is 5.91. The van der Waals surface area contributed by atoms with E-state index in [-0.39, 0.29) is 11.5 Å². The van der Waals surface area contributed by atoms with Gasteiger partial charge >= 0.3 is 0 Å². The van der Waals surface area contributed by atoms with Crippen LogP contribution in [0.15, 0.2) is 46.7 Å². The largest absolute Gasteiger partial charge is 0.495 e. The fraction of sp³-hybridized carbons (Fsp3) is 0.154. The number of para-hydroxylation sites is 1. The van der Waals surface area contributed by atoms with Crippen LogP contribution in [0.1, 0.15) is 9.67 Å². The molecule has 0 amide bonds. The maximum Gasteiger partial charge on any atom is 0.185 e. The molecule has 0 saturated carbocycles. The Balaban J connectivity index is 2.15. The lowest BCUT2D eigenvalue weighted by Gasteiger charge is -2.06. The predicted octanol–water partition coefficient (Wildman–Crippen LogP) is 2.75. The molecule has 1 unspecified atom stereocenters. The molecule has 1 aromatic heterocycles. The van der Waals surface area contributed by atoms with E-state index in [0.29, 0.717) is 15.5 Å². The summed E-state index contributed by atoms with van der Waals surface area (Å²) in [6, 6.07) is 10.6. The van der Waals surface area contributed by atoms with Crippen molar-refractivity contribution in [3.8, 4) is 5.75 Å². The number of rotatable bonds is 5. The van der Waals surface area contributed by atoms with E-state index < -0.39 is 10.8 Å². The number of thiophene rings is 1. The van der Waals surface area contributed by atoms with Crippen LogP contribution in [0.4, 0.5) is 0 Å². The first-order chi connectivity index (χ1) is 8.72. The first-order valence-corrected chi connectivity index (χ1v) is 7.50. The second kappa shape index (κ2) is 5.93. The molecule has 18 heavy (non-hydrogen) atoms. The van der Waals surface area contributed by atoms with E-state index in [2.05, 4.69) is 0 Å². The van der Waals surface area contributed by atoms with Gasteiger partial charge in [0.25, 0.3) is 0 Å². The number of Topliss-reactive ketones (excluding diaryl/α,β-unsaturated/α-hetero) is 1. The number of ketones is 1. The van der Waals surface area contributed by atoms with Crippen LogP contribution in [0, 0.1) is 0 Å². The van der Waals surface area contributed by atoms with Crippen molar-refractivity contribution in [2.24, 2.45) is 0 Å². The van der Waals surface area contributed by atoms with E-state index >= 15 is 0 Å². The minimum absolute atomic E-state index is 0.0130. The van der Waals surface area contributed by atoms with Gasteiger partial charge in [-0.2, -0.15) is 0 Å². The molecule has 0 radical (unpaired) electrons. The standard InChI is InChI=1S/C13H12O3S2/c1-16-11-5-2-3-7-13(11)18(15)9-10(14)12-6-4-8-17-12/h2-8H,9H2,1H3. The molecular formula is C13H12O3S2. The average molecular weight is 280 g/mol. The van der Waals surface area contributed by atoms with Gasteiger partial charge in [-0.3, -0.25) is 9.00 Å². The van der Waals surface area contributed by atoms with Crippen LogP contribution >= 0.6 is 11.3 Å². The van der Waals surface area contributed by atoms with Crippen LogP contribution in [0.2, 0.25) is 0 Å². The first-order valence-electron chi connectivity index (χ1n) is 5.30. The normalized spacial score (nSPS) is 12.1. The Bertz CT molecular complexity index is 561. The van der Waals surface area contributed by atoms with Crippen LogP contribution in [-0.2, 0) is 10.8 Å². The fourth-order valence-corrected chi connectivity index (χ4v) is 3.42. The van der Waals surface area contributed by atoms with Crippen LogP contribution in [-0.4, -0.2) is 22.9 Å². The molecule has 94 valence electrons. The van der Waals surface area contributed by atoms with E-state index in [0.717, 1.165) is 0 Å². The van der Waals surface area contributed by atoms with Gasteiger partial charge in [-0.1, -0.05) is 18.2 Å². The molecule has 0 fully saturated rings. The fourth-order valence-electron chi connectivity index (χ4n) is 1.51. The number of ether oxygens (including phenoxy) is 1. The minimum atomic E-state index is -1.38. The first kappa shape index (κ1) is 13.0. The number of carbonyl (C=O) groups is 1. The average Bonchev–Trinajstić information content (AvgIpc) is 2.92. The molecule has 1 aromatic carbocycles. The van der Waals surface area contributed by atoms with Crippen molar-refractivity contribution in [2.45, 2.75) is 4.90 Å². The Kier molecular flexibility index (Phi) is 4.28. The molecule has 0 aliphatic rings. The van der Waals surface area contributed by atoms with E-state index in [1.165, 1.54) is 18.4 Å². The van der Waals surface area contributed by atoms with Gasteiger partial charge in [-0.15, -0.1) is 11.3 Å². The van der Waals surface area contributed by atoms with Gasteiger partial charge in [0.1, 0.15) is 5.75 Å². The third kappa shape index (κ3) is 2.86. The topological polar surface area (TPSA) is 43.4 Å². The predicted molar refractivity (Wildman–Crippen MR) is 72.9 cm³/mol. The zero-order valence-corrected chi connectivity index (χ0v) is 11.4. The highest BCUT2D eigenvalue weighted by atomic mass is 32.2.